The molecular formula is C16H15F3N4O2. The first-order chi connectivity index (χ1) is 11.9. The van der Waals surface area contributed by atoms with Gasteiger partial charge in [0.1, 0.15) is 0 Å². The second-order valence-corrected chi connectivity index (χ2v) is 5.38. The van der Waals surface area contributed by atoms with Crippen LogP contribution in [0.25, 0.3) is 0 Å². The molecule has 1 aromatic carbocycles. The van der Waals surface area contributed by atoms with Gasteiger partial charge in [-0.15, -0.1) is 10.2 Å². The van der Waals surface area contributed by atoms with Crippen LogP contribution in [0, 0.1) is 0 Å². The second kappa shape index (κ2) is 7.06. The summed E-state index contributed by atoms with van der Waals surface area (Å²) < 4.78 is 44.1. The number of nitrogens with one attached hydrogen (secondary N) is 1. The summed E-state index contributed by atoms with van der Waals surface area (Å²) in [6, 6.07) is 7.94. The highest BCUT2D eigenvalue weighted by atomic mass is 19.4. The number of para-hydroxylation sites is 1. The average Bonchev–Trinajstić information content (AvgIpc) is 2.62. The maximum Gasteiger partial charge on any atom is 0.418 e. The Kier molecular flexibility index (Phi) is 4.84. The number of nitrogens with zero attached hydrogens (tertiary/aromatic N) is 3. The normalized spacial score (nSPS) is 15.1. The van der Waals surface area contributed by atoms with E-state index in [1.165, 1.54) is 30.3 Å². The second-order valence-electron chi connectivity index (χ2n) is 5.38. The van der Waals surface area contributed by atoms with Gasteiger partial charge in [-0.3, -0.25) is 4.79 Å². The zero-order valence-corrected chi connectivity index (χ0v) is 13.1. The summed E-state index contributed by atoms with van der Waals surface area (Å²) in [6.07, 6.45) is -4.48. The van der Waals surface area contributed by atoms with E-state index in [0.29, 0.717) is 26.3 Å². The van der Waals surface area contributed by atoms with Crippen LogP contribution < -0.4 is 5.32 Å². The summed E-state index contributed by atoms with van der Waals surface area (Å²) in [6.45, 7) is 1.87. The molecule has 1 N–H and O–H groups in total. The van der Waals surface area contributed by atoms with Crippen molar-refractivity contribution in [2.24, 2.45) is 0 Å². The minimum atomic E-state index is -4.48. The molecule has 0 atom stereocenters. The van der Waals surface area contributed by atoms with Crippen LogP contribution >= 0.6 is 0 Å². The summed E-state index contributed by atoms with van der Waals surface area (Å²) >= 11 is 0. The predicted molar refractivity (Wildman–Crippen MR) is 83.5 cm³/mol. The Morgan fingerprint density at radius 3 is 2.44 bits per heavy atom. The van der Waals surface area contributed by atoms with Gasteiger partial charge in [0.25, 0.3) is 5.91 Å². The van der Waals surface area contributed by atoms with Gasteiger partial charge in [-0.05, 0) is 24.3 Å². The molecule has 2 aromatic rings. The molecule has 1 aliphatic rings. The third-order valence-electron chi connectivity index (χ3n) is 3.68. The molecule has 0 saturated carbocycles. The molecule has 1 fully saturated rings. The van der Waals surface area contributed by atoms with Crippen molar-refractivity contribution in [1.29, 1.82) is 0 Å². The fourth-order valence-electron chi connectivity index (χ4n) is 2.42. The van der Waals surface area contributed by atoms with Crippen molar-refractivity contribution in [2.45, 2.75) is 6.18 Å². The van der Waals surface area contributed by atoms with Gasteiger partial charge >= 0.3 is 6.18 Å². The molecule has 132 valence electrons. The van der Waals surface area contributed by atoms with E-state index in [4.69, 9.17) is 4.74 Å². The van der Waals surface area contributed by atoms with E-state index in [1.807, 2.05) is 0 Å². The lowest BCUT2D eigenvalue weighted by Gasteiger charge is -2.26. The van der Waals surface area contributed by atoms with Gasteiger partial charge in [-0.2, -0.15) is 13.2 Å². The number of rotatable bonds is 3. The van der Waals surface area contributed by atoms with Gasteiger partial charge in [0.05, 0.1) is 24.5 Å². The van der Waals surface area contributed by atoms with E-state index in [1.54, 1.807) is 4.90 Å². The molecule has 1 saturated heterocycles. The minimum absolute atomic E-state index is 0.121. The zero-order chi connectivity index (χ0) is 17.9. The van der Waals surface area contributed by atoms with Crippen molar-refractivity contribution in [3.8, 4) is 0 Å². The predicted octanol–water partition coefficient (Wildman–Crippen LogP) is 2.71. The van der Waals surface area contributed by atoms with E-state index < -0.39 is 11.7 Å². The topological polar surface area (TPSA) is 67.4 Å². The molecule has 6 nitrogen and oxygen atoms in total. The summed E-state index contributed by atoms with van der Waals surface area (Å²) in [4.78, 5) is 13.9. The summed E-state index contributed by atoms with van der Waals surface area (Å²) in [5.41, 5.74) is -0.793. The first-order valence-electron chi connectivity index (χ1n) is 7.59. The minimum Gasteiger partial charge on any atom is -0.378 e. The average molecular weight is 352 g/mol. The standard InChI is InChI=1S/C16H15F3N4O2/c17-16(18,19)11-3-1-2-4-12(11)20-14-6-5-13(21-22-14)15(24)23-7-9-25-10-8-23/h1-6H,7-10H2,(H,20,22). The van der Waals surface area contributed by atoms with Gasteiger partial charge in [0, 0.05) is 13.1 Å². The molecule has 9 heteroatoms. The van der Waals surface area contributed by atoms with Gasteiger partial charge in [-0.1, -0.05) is 12.1 Å². The number of hydrogen-bond acceptors (Lipinski definition) is 5. The highest BCUT2D eigenvalue weighted by molar-refractivity contribution is 5.92. The Hall–Kier alpha value is -2.68. The lowest BCUT2D eigenvalue weighted by Crippen LogP contribution is -2.41. The lowest BCUT2D eigenvalue weighted by atomic mass is 10.1. The molecule has 1 aliphatic heterocycles. The number of aromatic nitrogens is 2. The quantitative estimate of drug-likeness (QED) is 0.920. The Bertz CT molecular complexity index is 744. The Labute approximate surface area is 141 Å². The first kappa shape index (κ1) is 17.2. The molecule has 25 heavy (non-hydrogen) atoms. The van der Waals surface area contributed by atoms with Crippen molar-refractivity contribution in [3.63, 3.8) is 0 Å². The van der Waals surface area contributed by atoms with Crippen LogP contribution in [-0.4, -0.2) is 47.3 Å². The van der Waals surface area contributed by atoms with Crippen molar-refractivity contribution in [2.75, 3.05) is 31.6 Å². The van der Waals surface area contributed by atoms with E-state index in [-0.39, 0.29) is 23.1 Å². The maximum absolute atomic E-state index is 13.0. The van der Waals surface area contributed by atoms with Crippen molar-refractivity contribution in [3.05, 3.63) is 47.7 Å². The van der Waals surface area contributed by atoms with Gasteiger partial charge in [-0.25, -0.2) is 0 Å². The van der Waals surface area contributed by atoms with Crippen LogP contribution in [0.1, 0.15) is 16.1 Å². The molecule has 0 aliphatic carbocycles. The monoisotopic (exact) mass is 352 g/mol. The highest BCUT2D eigenvalue weighted by Crippen LogP contribution is 2.35. The Balaban J connectivity index is 1.74. The lowest BCUT2D eigenvalue weighted by molar-refractivity contribution is -0.136. The highest BCUT2D eigenvalue weighted by Gasteiger charge is 2.33. The molecule has 0 bridgehead atoms. The van der Waals surface area contributed by atoms with Crippen LogP contribution in [0.15, 0.2) is 36.4 Å². The Morgan fingerprint density at radius 2 is 1.80 bits per heavy atom. The van der Waals surface area contributed by atoms with E-state index in [0.717, 1.165) is 6.07 Å². The summed E-state index contributed by atoms with van der Waals surface area (Å²) in [7, 11) is 0. The number of alkyl halides is 3. The fraction of sp³-hybridized carbons (Fsp3) is 0.312. The van der Waals surface area contributed by atoms with Crippen LogP contribution in [-0.2, 0) is 10.9 Å². The summed E-state index contributed by atoms with van der Waals surface area (Å²) in [5.74, 6) is -0.159. The first-order valence-corrected chi connectivity index (χ1v) is 7.59. The number of hydrogen-bond donors (Lipinski definition) is 1. The molecule has 2 heterocycles. The molecular weight excluding hydrogens is 337 g/mol. The zero-order valence-electron chi connectivity index (χ0n) is 13.1. The molecule has 3 rings (SSSR count). The number of morpholine rings is 1. The van der Waals surface area contributed by atoms with Crippen LogP contribution in [0.5, 0.6) is 0 Å². The summed E-state index contributed by atoms with van der Waals surface area (Å²) in [5, 5.41) is 10.2. The number of carbonyl (C=O) groups excluding carboxylic acids is 1. The number of carbonyl (C=O) groups is 1. The number of anilines is 2. The third kappa shape index (κ3) is 4.05. The number of amides is 1. The Morgan fingerprint density at radius 1 is 1.08 bits per heavy atom. The van der Waals surface area contributed by atoms with E-state index in [2.05, 4.69) is 15.5 Å². The number of halogens is 3. The van der Waals surface area contributed by atoms with E-state index in [9.17, 15) is 18.0 Å². The molecule has 0 radical (unpaired) electrons. The maximum atomic E-state index is 13.0. The van der Waals surface area contributed by atoms with E-state index >= 15 is 0 Å². The SMILES string of the molecule is O=C(c1ccc(Nc2ccccc2C(F)(F)F)nn1)N1CCOCC1. The molecule has 1 aromatic heterocycles. The fourth-order valence-corrected chi connectivity index (χ4v) is 2.42. The van der Waals surface area contributed by atoms with Crippen LogP contribution in [0.3, 0.4) is 0 Å². The van der Waals surface area contributed by atoms with Crippen LogP contribution in [0.2, 0.25) is 0 Å². The van der Waals surface area contributed by atoms with Gasteiger partial charge in [0.2, 0.25) is 0 Å². The van der Waals surface area contributed by atoms with Gasteiger partial charge < -0.3 is 15.0 Å². The number of benzene rings is 1. The number of ether oxygens (including phenoxy) is 1. The van der Waals surface area contributed by atoms with Crippen molar-refractivity contribution in [1.82, 2.24) is 15.1 Å². The van der Waals surface area contributed by atoms with Crippen molar-refractivity contribution >= 4 is 17.4 Å². The molecule has 0 spiro atoms. The van der Waals surface area contributed by atoms with Crippen LogP contribution in [0.4, 0.5) is 24.7 Å². The molecule has 0 unspecified atom stereocenters. The largest absolute Gasteiger partial charge is 0.418 e. The third-order valence-corrected chi connectivity index (χ3v) is 3.68. The smallest absolute Gasteiger partial charge is 0.378 e. The van der Waals surface area contributed by atoms with Gasteiger partial charge in [0.15, 0.2) is 11.5 Å². The molecule has 1 amide bonds. The van der Waals surface area contributed by atoms with Crippen molar-refractivity contribution < 1.29 is 22.7 Å².